The Kier molecular flexibility index (Phi) is 8.80. The lowest BCUT2D eigenvalue weighted by molar-refractivity contribution is -0.181. The van der Waals surface area contributed by atoms with Crippen LogP contribution in [0.2, 0.25) is 0 Å². The Bertz CT molecular complexity index is 990. The molecule has 2 aromatic carbocycles. The normalized spacial score (nSPS) is 25.9. The molecule has 1 heterocycles. The molecule has 1 amide bonds. The molecule has 196 valence electrons. The molecule has 7 heteroatoms. The highest BCUT2D eigenvalue weighted by molar-refractivity contribution is 5.82. The molecular weight excluding hydrogens is 456 g/mol. The molecule has 0 aromatic heterocycles. The minimum atomic E-state index is -1.18. The van der Waals surface area contributed by atoms with E-state index in [1.165, 1.54) is 19.3 Å². The molecule has 1 aliphatic heterocycles. The second-order valence-electron chi connectivity index (χ2n) is 10.6. The number of aliphatic hydroxyl groups is 3. The van der Waals surface area contributed by atoms with Gasteiger partial charge in [0.05, 0.1) is 19.3 Å². The zero-order valence-electron chi connectivity index (χ0n) is 21.3. The molecule has 7 nitrogen and oxygen atoms in total. The summed E-state index contributed by atoms with van der Waals surface area (Å²) in [6.07, 6.45) is 4.40. The van der Waals surface area contributed by atoms with Crippen LogP contribution in [0.4, 0.5) is 0 Å². The van der Waals surface area contributed by atoms with Crippen molar-refractivity contribution in [2.24, 2.45) is 11.8 Å². The van der Waals surface area contributed by atoms with Crippen molar-refractivity contribution in [2.75, 3.05) is 13.2 Å². The number of hydroxylamine groups is 2. The van der Waals surface area contributed by atoms with Crippen molar-refractivity contribution in [3.63, 3.8) is 0 Å². The molecule has 36 heavy (non-hydrogen) atoms. The highest BCUT2D eigenvalue weighted by Crippen LogP contribution is 2.34. The lowest BCUT2D eigenvalue weighted by Gasteiger charge is -2.29. The SMILES string of the molecule is C[C@@H](O)[C@H]1[C@@H](CO)ON(Cc2cccc(C(C)(O)c3ccccc3)c2)[C@H]1C(=O)NCC1CCCCC1. The fourth-order valence-electron chi connectivity index (χ4n) is 5.70. The van der Waals surface area contributed by atoms with Gasteiger partial charge in [-0.05, 0) is 49.3 Å². The highest BCUT2D eigenvalue weighted by Gasteiger charge is 2.49. The van der Waals surface area contributed by atoms with Crippen LogP contribution in [0, 0.1) is 11.8 Å². The maximum atomic E-state index is 13.4. The molecule has 4 rings (SSSR count). The van der Waals surface area contributed by atoms with Gasteiger partial charge in [-0.3, -0.25) is 9.63 Å². The number of rotatable bonds is 9. The van der Waals surface area contributed by atoms with Crippen molar-refractivity contribution in [3.8, 4) is 0 Å². The average Bonchev–Trinajstić information content (AvgIpc) is 3.27. The van der Waals surface area contributed by atoms with Crippen molar-refractivity contribution < 1.29 is 25.0 Å². The zero-order valence-corrected chi connectivity index (χ0v) is 21.3. The molecule has 0 radical (unpaired) electrons. The van der Waals surface area contributed by atoms with Crippen molar-refractivity contribution in [2.45, 2.75) is 76.3 Å². The molecule has 4 N–H and O–H groups in total. The second kappa shape index (κ2) is 11.8. The summed E-state index contributed by atoms with van der Waals surface area (Å²) in [6, 6.07) is 16.4. The summed E-state index contributed by atoms with van der Waals surface area (Å²) in [5, 5.41) is 36.5. The highest BCUT2D eigenvalue weighted by atomic mass is 16.7. The predicted octanol–water partition coefficient (Wildman–Crippen LogP) is 3.11. The van der Waals surface area contributed by atoms with Crippen LogP contribution in [-0.2, 0) is 21.8 Å². The van der Waals surface area contributed by atoms with Crippen LogP contribution >= 0.6 is 0 Å². The zero-order chi connectivity index (χ0) is 25.7. The third-order valence-electron chi connectivity index (χ3n) is 7.83. The smallest absolute Gasteiger partial charge is 0.240 e. The Morgan fingerprint density at radius 2 is 1.81 bits per heavy atom. The first-order valence-corrected chi connectivity index (χ1v) is 13.2. The predicted molar refractivity (Wildman–Crippen MR) is 138 cm³/mol. The van der Waals surface area contributed by atoms with Crippen LogP contribution in [0.1, 0.15) is 62.6 Å². The number of carbonyl (C=O) groups excluding carboxylic acids is 1. The summed E-state index contributed by atoms with van der Waals surface area (Å²) in [5.41, 5.74) is 1.19. The van der Waals surface area contributed by atoms with Gasteiger partial charge in [0, 0.05) is 12.5 Å². The van der Waals surface area contributed by atoms with Crippen LogP contribution in [0.3, 0.4) is 0 Å². The summed E-state index contributed by atoms with van der Waals surface area (Å²) in [5.74, 6) is -0.263. The van der Waals surface area contributed by atoms with Gasteiger partial charge in [0.25, 0.3) is 0 Å². The number of hydrogen-bond acceptors (Lipinski definition) is 6. The third kappa shape index (κ3) is 5.98. The monoisotopic (exact) mass is 496 g/mol. The fourth-order valence-corrected chi connectivity index (χ4v) is 5.70. The summed E-state index contributed by atoms with van der Waals surface area (Å²) in [7, 11) is 0. The van der Waals surface area contributed by atoms with Gasteiger partial charge in [0.1, 0.15) is 17.7 Å². The van der Waals surface area contributed by atoms with E-state index in [0.717, 1.165) is 29.5 Å². The van der Waals surface area contributed by atoms with Gasteiger partial charge < -0.3 is 20.6 Å². The van der Waals surface area contributed by atoms with E-state index in [9.17, 15) is 20.1 Å². The van der Waals surface area contributed by atoms with Gasteiger partial charge >= 0.3 is 0 Å². The fraction of sp³-hybridized carbons (Fsp3) is 0.552. The lowest BCUT2D eigenvalue weighted by Crippen LogP contribution is -2.50. The molecule has 2 aromatic rings. The van der Waals surface area contributed by atoms with E-state index < -0.39 is 29.8 Å². The van der Waals surface area contributed by atoms with Crippen molar-refractivity contribution >= 4 is 5.91 Å². The maximum absolute atomic E-state index is 13.4. The Morgan fingerprint density at radius 1 is 1.11 bits per heavy atom. The molecule has 0 bridgehead atoms. The number of nitrogens with zero attached hydrogens (tertiary/aromatic N) is 1. The first kappa shape index (κ1) is 26.8. The number of carbonyl (C=O) groups is 1. The topological polar surface area (TPSA) is 102 Å². The van der Waals surface area contributed by atoms with Crippen LogP contribution in [0.5, 0.6) is 0 Å². The molecule has 2 aliphatic rings. The van der Waals surface area contributed by atoms with Gasteiger partial charge in [-0.1, -0.05) is 73.9 Å². The number of benzene rings is 2. The van der Waals surface area contributed by atoms with E-state index in [2.05, 4.69) is 5.32 Å². The van der Waals surface area contributed by atoms with Crippen LogP contribution < -0.4 is 5.32 Å². The molecule has 5 atom stereocenters. The molecule has 1 unspecified atom stereocenters. The minimum absolute atomic E-state index is 0.185. The Labute approximate surface area is 214 Å². The van der Waals surface area contributed by atoms with Crippen LogP contribution in [-0.4, -0.2) is 57.7 Å². The summed E-state index contributed by atoms with van der Waals surface area (Å²) < 4.78 is 0. The summed E-state index contributed by atoms with van der Waals surface area (Å²) >= 11 is 0. The molecule has 2 fully saturated rings. The number of amides is 1. The maximum Gasteiger partial charge on any atom is 0.240 e. The van der Waals surface area contributed by atoms with Crippen molar-refractivity contribution in [1.29, 1.82) is 0 Å². The minimum Gasteiger partial charge on any atom is -0.394 e. The number of hydrogen-bond donors (Lipinski definition) is 4. The summed E-state index contributed by atoms with van der Waals surface area (Å²) in [6.45, 7) is 4.01. The Balaban J connectivity index is 1.53. The van der Waals surface area contributed by atoms with Crippen molar-refractivity contribution in [3.05, 3.63) is 71.3 Å². The van der Waals surface area contributed by atoms with E-state index in [1.54, 1.807) is 18.9 Å². The largest absolute Gasteiger partial charge is 0.394 e. The van der Waals surface area contributed by atoms with E-state index in [1.807, 2.05) is 54.6 Å². The summed E-state index contributed by atoms with van der Waals surface area (Å²) in [4.78, 5) is 19.4. The Hall–Kier alpha value is -2.29. The first-order valence-electron chi connectivity index (χ1n) is 13.2. The van der Waals surface area contributed by atoms with Crippen LogP contribution in [0.25, 0.3) is 0 Å². The van der Waals surface area contributed by atoms with Gasteiger partial charge in [-0.2, -0.15) is 5.06 Å². The van der Waals surface area contributed by atoms with E-state index in [4.69, 9.17) is 4.84 Å². The van der Waals surface area contributed by atoms with Gasteiger partial charge in [0.2, 0.25) is 5.91 Å². The molecule has 1 saturated heterocycles. The number of aliphatic hydroxyl groups excluding tert-OH is 2. The first-order chi connectivity index (χ1) is 17.3. The van der Waals surface area contributed by atoms with Crippen LogP contribution in [0.15, 0.2) is 54.6 Å². The molecule has 1 aliphatic carbocycles. The second-order valence-corrected chi connectivity index (χ2v) is 10.6. The Morgan fingerprint density at radius 3 is 2.47 bits per heavy atom. The van der Waals surface area contributed by atoms with E-state index >= 15 is 0 Å². The third-order valence-corrected chi connectivity index (χ3v) is 7.83. The van der Waals surface area contributed by atoms with Gasteiger partial charge in [-0.15, -0.1) is 0 Å². The standard InChI is InChI=1S/C29H40N2O5/c1-20(33)26-25(19-32)36-31(27(26)28(34)30-17-21-10-5-3-6-11-21)18-22-12-9-15-24(16-22)29(2,35)23-13-7-4-8-14-23/h4,7-9,12-16,20-21,25-27,32-33,35H,3,5-6,10-11,17-19H2,1-2H3,(H,30,34)/t20-,25-,26+,27-,29?/m1/s1. The van der Waals surface area contributed by atoms with Crippen molar-refractivity contribution in [1.82, 2.24) is 10.4 Å². The lowest BCUT2D eigenvalue weighted by atomic mass is 9.87. The average molecular weight is 497 g/mol. The van der Waals surface area contributed by atoms with Gasteiger partial charge in [0.15, 0.2) is 0 Å². The molecule has 1 saturated carbocycles. The van der Waals surface area contributed by atoms with E-state index in [-0.39, 0.29) is 19.1 Å². The van der Waals surface area contributed by atoms with Gasteiger partial charge in [-0.25, -0.2) is 0 Å². The number of nitrogens with one attached hydrogen (secondary N) is 1. The molecule has 0 spiro atoms. The van der Waals surface area contributed by atoms with E-state index in [0.29, 0.717) is 12.5 Å². The molecular formula is C29H40N2O5. The quantitative estimate of drug-likeness (QED) is 0.426.